The Morgan fingerprint density at radius 2 is 1.03 bits per heavy atom. The van der Waals surface area contributed by atoms with Crippen LogP contribution in [0.2, 0.25) is 26.2 Å². The van der Waals surface area contributed by atoms with Crippen LogP contribution < -0.4 is 0 Å². The fourth-order valence-corrected chi connectivity index (χ4v) is 9.94. The molecular weight excluding hydrogens is 449 g/mol. The van der Waals surface area contributed by atoms with E-state index < -0.39 is 17.6 Å². The zero-order valence-corrected chi connectivity index (χ0v) is 25.0. The van der Waals surface area contributed by atoms with Crippen molar-refractivity contribution in [3.8, 4) is 0 Å². The summed E-state index contributed by atoms with van der Waals surface area (Å²) >= 11 is 0. The van der Waals surface area contributed by atoms with Gasteiger partial charge >= 0.3 is 0 Å². The van der Waals surface area contributed by atoms with E-state index in [1.165, 1.54) is 75.7 Å². The van der Waals surface area contributed by atoms with E-state index in [9.17, 15) is 0 Å². The monoisotopic (exact) mass is 498 g/mol. The number of unbranched alkanes of at least 4 members (excludes halogenated alkanes) is 4. The first kappa shape index (κ1) is 30.4. The lowest BCUT2D eigenvalue weighted by Gasteiger charge is -2.20. The highest BCUT2D eigenvalue weighted by atomic mass is 33.5. The molecule has 0 spiro atoms. The van der Waals surface area contributed by atoms with Gasteiger partial charge in [-0.15, -0.1) is 0 Å². The predicted octanol–water partition coefficient (Wildman–Crippen LogP) is 7.78. The number of ether oxygens (including phenoxy) is 2. The number of hydrogen-bond acceptors (Lipinski definition) is 5. The van der Waals surface area contributed by atoms with Crippen LogP contribution in [0.25, 0.3) is 0 Å². The van der Waals surface area contributed by atoms with Crippen molar-refractivity contribution in [1.82, 2.24) is 0 Å². The minimum Gasteiger partial charge on any atom is -0.382 e. The zero-order chi connectivity index (χ0) is 21.7. The molecule has 2 atom stereocenters. The average Bonchev–Trinajstić information content (AvgIpc) is 2.68. The SMILES string of the molecule is CCCCOC(CCCCSSSCCCCC(OCCCC)[SiH](C)C)[SiH](C)C. The molecule has 0 amide bonds. The first-order chi connectivity index (χ1) is 14.0. The summed E-state index contributed by atoms with van der Waals surface area (Å²) in [5, 5.41) is 0. The van der Waals surface area contributed by atoms with Crippen molar-refractivity contribution >= 4 is 49.0 Å². The third-order valence-corrected chi connectivity index (χ3v) is 13.6. The summed E-state index contributed by atoms with van der Waals surface area (Å²) < 4.78 is 12.2. The fraction of sp³-hybridized carbons (Fsp3) is 1.00. The van der Waals surface area contributed by atoms with Crippen LogP contribution >= 0.6 is 31.4 Å². The molecule has 0 rings (SSSR count). The summed E-state index contributed by atoms with van der Waals surface area (Å²) in [5.41, 5.74) is 1.19. The molecule has 0 fully saturated rings. The predicted molar refractivity (Wildman–Crippen MR) is 147 cm³/mol. The van der Waals surface area contributed by atoms with Crippen LogP contribution in [-0.4, -0.2) is 53.8 Å². The minimum absolute atomic E-state index is 0.595. The fourth-order valence-electron chi connectivity index (χ4n) is 3.09. The van der Waals surface area contributed by atoms with Crippen LogP contribution in [0.3, 0.4) is 0 Å². The molecule has 7 heteroatoms. The molecule has 0 N–H and O–H groups in total. The van der Waals surface area contributed by atoms with Gasteiger partial charge in [-0.3, -0.25) is 0 Å². The standard InChI is InChI=1S/C22H50O2S3Si2/c1-7-9-17-23-21(28(3)4)15-11-13-19-25-27-26-20-14-12-16-22(29(5)6)24-18-10-8-2/h21-22,28-29H,7-20H2,1-6H3. The van der Waals surface area contributed by atoms with Gasteiger partial charge in [0, 0.05) is 36.2 Å². The summed E-state index contributed by atoms with van der Waals surface area (Å²) in [6, 6.07) is 0. The van der Waals surface area contributed by atoms with Gasteiger partial charge in [-0.2, -0.15) is 0 Å². The van der Waals surface area contributed by atoms with E-state index in [0.717, 1.165) is 13.2 Å². The minimum atomic E-state index is -0.677. The first-order valence-corrected chi connectivity index (χ1v) is 21.9. The van der Waals surface area contributed by atoms with Gasteiger partial charge < -0.3 is 9.47 Å². The highest BCUT2D eigenvalue weighted by Crippen LogP contribution is 2.35. The topological polar surface area (TPSA) is 18.5 Å². The quantitative estimate of drug-likeness (QED) is 0.0859. The van der Waals surface area contributed by atoms with Gasteiger partial charge in [0.2, 0.25) is 0 Å². The van der Waals surface area contributed by atoms with Crippen molar-refractivity contribution in [2.75, 3.05) is 24.7 Å². The van der Waals surface area contributed by atoms with E-state index >= 15 is 0 Å². The summed E-state index contributed by atoms with van der Waals surface area (Å²) in [4.78, 5) is 0. The number of rotatable bonds is 22. The second kappa shape index (κ2) is 22.6. The van der Waals surface area contributed by atoms with Crippen LogP contribution in [0.15, 0.2) is 0 Å². The van der Waals surface area contributed by atoms with Crippen LogP contribution in [0, 0.1) is 0 Å². The van der Waals surface area contributed by atoms with Crippen molar-refractivity contribution in [1.29, 1.82) is 0 Å². The van der Waals surface area contributed by atoms with Gasteiger partial charge in [0.1, 0.15) is 0 Å². The lowest BCUT2D eigenvalue weighted by Crippen LogP contribution is -2.28. The maximum atomic E-state index is 6.12. The smallest absolute Gasteiger partial charge is 0.0656 e. The molecule has 29 heavy (non-hydrogen) atoms. The zero-order valence-electron chi connectivity index (χ0n) is 20.3. The molecule has 0 aromatic rings. The molecule has 176 valence electrons. The van der Waals surface area contributed by atoms with E-state index in [2.05, 4.69) is 40.0 Å². The van der Waals surface area contributed by atoms with E-state index in [0.29, 0.717) is 11.5 Å². The van der Waals surface area contributed by atoms with Crippen molar-refractivity contribution in [2.24, 2.45) is 0 Å². The Kier molecular flexibility index (Phi) is 23.7. The molecule has 0 bridgehead atoms. The molecule has 0 radical (unpaired) electrons. The van der Waals surface area contributed by atoms with Gasteiger partial charge in [-0.25, -0.2) is 0 Å². The summed E-state index contributed by atoms with van der Waals surface area (Å²) in [6.45, 7) is 16.1. The summed E-state index contributed by atoms with van der Waals surface area (Å²) in [7, 11) is 4.75. The summed E-state index contributed by atoms with van der Waals surface area (Å²) in [5.74, 6) is 2.57. The molecule has 0 heterocycles. The highest BCUT2D eigenvalue weighted by Gasteiger charge is 2.15. The van der Waals surface area contributed by atoms with E-state index in [4.69, 9.17) is 9.47 Å². The normalized spacial score (nSPS) is 14.1. The second-order valence-corrected chi connectivity index (χ2v) is 19.7. The van der Waals surface area contributed by atoms with Gasteiger partial charge in [0.05, 0.1) is 17.6 Å². The molecule has 0 aliphatic rings. The molecule has 0 aliphatic heterocycles. The highest BCUT2D eigenvalue weighted by molar-refractivity contribution is 9.09. The summed E-state index contributed by atoms with van der Waals surface area (Å²) in [6.07, 6.45) is 12.8. The van der Waals surface area contributed by atoms with E-state index in [1.807, 2.05) is 31.4 Å². The Bertz CT molecular complexity index is 307. The Hall–Kier alpha value is 1.40. The molecule has 2 nitrogen and oxygen atoms in total. The van der Waals surface area contributed by atoms with Crippen LogP contribution in [0.4, 0.5) is 0 Å². The lowest BCUT2D eigenvalue weighted by atomic mass is 10.2. The van der Waals surface area contributed by atoms with Crippen molar-refractivity contribution < 1.29 is 9.47 Å². The van der Waals surface area contributed by atoms with Crippen molar-refractivity contribution in [3.05, 3.63) is 0 Å². The maximum Gasteiger partial charge on any atom is 0.0656 e. The van der Waals surface area contributed by atoms with E-state index in [1.54, 1.807) is 0 Å². The van der Waals surface area contributed by atoms with Crippen LogP contribution in [0.1, 0.15) is 78.1 Å². The third kappa shape index (κ3) is 19.8. The largest absolute Gasteiger partial charge is 0.382 e. The molecule has 0 aromatic heterocycles. The molecule has 2 unspecified atom stereocenters. The Labute approximate surface area is 198 Å². The van der Waals surface area contributed by atoms with Crippen molar-refractivity contribution in [2.45, 2.75) is 116 Å². The molecule has 0 saturated heterocycles. The van der Waals surface area contributed by atoms with Crippen LogP contribution in [0.5, 0.6) is 0 Å². The third-order valence-electron chi connectivity index (χ3n) is 5.18. The second-order valence-electron chi connectivity index (χ2n) is 8.72. The maximum absolute atomic E-state index is 6.12. The Morgan fingerprint density at radius 1 is 0.621 bits per heavy atom. The molecule has 0 aromatic carbocycles. The average molecular weight is 499 g/mol. The van der Waals surface area contributed by atoms with Crippen molar-refractivity contribution in [3.63, 3.8) is 0 Å². The van der Waals surface area contributed by atoms with Crippen LogP contribution in [-0.2, 0) is 9.47 Å². The lowest BCUT2D eigenvalue weighted by molar-refractivity contribution is 0.0928. The van der Waals surface area contributed by atoms with Gasteiger partial charge in [0.15, 0.2) is 0 Å². The van der Waals surface area contributed by atoms with E-state index in [-0.39, 0.29) is 0 Å². The van der Waals surface area contributed by atoms with Gasteiger partial charge in [-0.1, -0.05) is 87.3 Å². The Balaban J connectivity index is 3.53. The van der Waals surface area contributed by atoms with Gasteiger partial charge in [-0.05, 0) is 48.4 Å². The Morgan fingerprint density at radius 3 is 1.38 bits per heavy atom. The molecule has 0 saturated carbocycles. The first-order valence-electron chi connectivity index (χ1n) is 12.2. The molecule has 0 aliphatic carbocycles. The molecular formula is C22H50O2S3Si2. The van der Waals surface area contributed by atoms with Gasteiger partial charge in [0.25, 0.3) is 0 Å². The number of hydrogen-bond donors (Lipinski definition) is 0.